The summed E-state index contributed by atoms with van der Waals surface area (Å²) in [6, 6.07) is 6.08. The molecule has 2 rings (SSSR count). The number of rotatable bonds is 8. The molecule has 104 valence electrons. The lowest BCUT2D eigenvalue weighted by Crippen LogP contribution is -2.16. The Morgan fingerprint density at radius 1 is 1.37 bits per heavy atom. The first-order valence-electron chi connectivity index (χ1n) is 6.84. The van der Waals surface area contributed by atoms with Gasteiger partial charge in [0.15, 0.2) is 11.5 Å². The number of nitrogens with one attached hydrogen (secondary N) is 1. The third-order valence-electron chi connectivity index (χ3n) is 3.16. The quantitative estimate of drug-likeness (QED) is 0.729. The van der Waals surface area contributed by atoms with E-state index in [0.29, 0.717) is 6.61 Å². The van der Waals surface area contributed by atoms with Gasteiger partial charge in [0.2, 0.25) is 0 Å². The van der Waals surface area contributed by atoms with Crippen LogP contribution < -0.4 is 14.8 Å². The fraction of sp³-hybridized carbons (Fsp3) is 0.500. The van der Waals surface area contributed by atoms with Gasteiger partial charge in [0.05, 0.1) is 7.11 Å². The molecule has 3 nitrogen and oxygen atoms in total. The van der Waals surface area contributed by atoms with Crippen molar-refractivity contribution in [2.45, 2.75) is 26.3 Å². The fourth-order valence-corrected chi connectivity index (χ4v) is 1.89. The highest BCUT2D eigenvalue weighted by atomic mass is 16.5. The molecule has 1 aliphatic rings. The number of methoxy groups -OCH3 is 1. The van der Waals surface area contributed by atoms with Gasteiger partial charge in [-0.1, -0.05) is 12.6 Å². The van der Waals surface area contributed by atoms with Crippen molar-refractivity contribution in [3.05, 3.63) is 35.9 Å². The molecule has 0 unspecified atom stereocenters. The van der Waals surface area contributed by atoms with Crippen molar-refractivity contribution in [2.24, 2.45) is 5.92 Å². The van der Waals surface area contributed by atoms with Gasteiger partial charge in [0, 0.05) is 6.54 Å². The van der Waals surface area contributed by atoms with Crippen LogP contribution in [0.25, 0.3) is 0 Å². The van der Waals surface area contributed by atoms with Gasteiger partial charge < -0.3 is 14.8 Å². The zero-order chi connectivity index (χ0) is 13.7. The molecule has 1 fully saturated rings. The Bertz CT molecular complexity index is 438. The van der Waals surface area contributed by atoms with E-state index in [1.54, 1.807) is 7.11 Å². The second kappa shape index (κ2) is 6.62. The highest BCUT2D eigenvalue weighted by Crippen LogP contribution is 2.29. The second-order valence-electron chi connectivity index (χ2n) is 5.31. The van der Waals surface area contributed by atoms with E-state index in [2.05, 4.69) is 18.0 Å². The van der Waals surface area contributed by atoms with Crippen LogP contribution >= 0.6 is 0 Å². The molecule has 0 spiro atoms. The third kappa shape index (κ3) is 4.60. The molecule has 1 aliphatic carbocycles. The van der Waals surface area contributed by atoms with E-state index in [4.69, 9.17) is 9.47 Å². The maximum absolute atomic E-state index is 5.72. The zero-order valence-corrected chi connectivity index (χ0v) is 11.9. The van der Waals surface area contributed by atoms with E-state index in [1.165, 1.54) is 18.4 Å². The topological polar surface area (TPSA) is 30.5 Å². The third-order valence-corrected chi connectivity index (χ3v) is 3.16. The van der Waals surface area contributed by atoms with Crippen LogP contribution in [-0.4, -0.2) is 20.3 Å². The van der Waals surface area contributed by atoms with Crippen LogP contribution in [0.15, 0.2) is 30.4 Å². The molecule has 1 N–H and O–H groups in total. The molecule has 0 aliphatic heterocycles. The summed E-state index contributed by atoms with van der Waals surface area (Å²) in [6.07, 6.45) is 2.76. The summed E-state index contributed by atoms with van der Waals surface area (Å²) in [6.45, 7) is 8.32. The van der Waals surface area contributed by atoms with Crippen LogP contribution in [0.5, 0.6) is 11.5 Å². The average molecular weight is 261 g/mol. The smallest absolute Gasteiger partial charge is 0.161 e. The Labute approximate surface area is 115 Å². The lowest BCUT2D eigenvalue weighted by molar-refractivity contribution is 0.319. The van der Waals surface area contributed by atoms with Crippen molar-refractivity contribution in [1.82, 2.24) is 5.32 Å². The molecule has 0 bridgehead atoms. The van der Waals surface area contributed by atoms with E-state index in [-0.39, 0.29) is 0 Å². The standard InChI is InChI=1S/C16H23NO2/c1-12(2)11-19-16-8-14(6-7-15(16)18-3)10-17-9-13-4-5-13/h6-8,13,17H,1,4-5,9-11H2,2-3H3. The Morgan fingerprint density at radius 2 is 2.16 bits per heavy atom. The first-order valence-corrected chi connectivity index (χ1v) is 6.84. The lowest BCUT2D eigenvalue weighted by atomic mass is 10.2. The van der Waals surface area contributed by atoms with Crippen molar-refractivity contribution in [3.63, 3.8) is 0 Å². The minimum Gasteiger partial charge on any atom is -0.493 e. The van der Waals surface area contributed by atoms with E-state index in [9.17, 15) is 0 Å². The molecular weight excluding hydrogens is 238 g/mol. The van der Waals surface area contributed by atoms with Crippen LogP contribution in [0.3, 0.4) is 0 Å². The Morgan fingerprint density at radius 3 is 2.79 bits per heavy atom. The van der Waals surface area contributed by atoms with Gasteiger partial charge in [0.25, 0.3) is 0 Å². The highest BCUT2D eigenvalue weighted by Gasteiger charge is 2.20. The first-order chi connectivity index (χ1) is 9.19. The monoisotopic (exact) mass is 261 g/mol. The molecule has 1 aromatic rings. The molecule has 0 atom stereocenters. The zero-order valence-electron chi connectivity index (χ0n) is 11.9. The molecule has 0 saturated heterocycles. The van der Waals surface area contributed by atoms with Crippen molar-refractivity contribution >= 4 is 0 Å². The van der Waals surface area contributed by atoms with E-state index < -0.39 is 0 Å². The highest BCUT2D eigenvalue weighted by molar-refractivity contribution is 5.43. The van der Waals surface area contributed by atoms with Gasteiger partial charge in [-0.3, -0.25) is 0 Å². The fourth-order valence-electron chi connectivity index (χ4n) is 1.89. The summed E-state index contributed by atoms with van der Waals surface area (Å²) in [5.41, 5.74) is 2.22. The molecule has 0 heterocycles. The summed E-state index contributed by atoms with van der Waals surface area (Å²) in [7, 11) is 1.66. The molecule has 19 heavy (non-hydrogen) atoms. The second-order valence-corrected chi connectivity index (χ2v) is 5.31. The van der Waals surface area contributed by atoms with Gasteiger partial charge >= 0.3 is 0 Å². The lowest BCUT2D eigenvalue weighted by Gasteiger charge is -2.12. The SMILES string of the molecule is C=C(C)COc1cc(CNCC2CC2)ccc1OC. The average Bonchev–Trinajstić information content (AvgIpc) is 3.20. The number of hydrogen-bond acceptors (Lipinski definition) is 3. The molecule has 1 saturated carbocycles. The summed E-state index contributed by atoms with van der Waals surface area (Å²) < 4.78 is 11.0. The summed E-state index contributed by atoms with van der Waals surface area (Å²) >= 11 is 0. The van der Waals surface area contributed by atoms with Gasteiger partial charge in [-0.25, -0.2) is 0 Å². The van der Waals surface area contributed by atoms with E-state index in [1.807, 2.05) is 19.1 Å². The van der Waals surface area contributed by atoms with Crippen molar-refractivity contribution in [2.75, 3.05) is 20.3 Å². The molecule has 3 heteroatoms. The van der Waals surface area contributed by atoms with E-state index >= 15 is 0 Å². The number of benzene rings is 1. The molecule has 0 amide bonds. The minimum absolute atomic E-state index is 0.523. The van der Waals surface area contributed by atoms with Crippen molar-refractivity contribution < 1.29 is 9.47 Å². The summed E-state index contributed by atoms with van der Waals surface area (Å²) in [5, 5.41) is 3.48. The normalized spacial score (nSPS) is 14.2. The molecule has 1 aromatic carbocycles. The largest absolute Gasteiger partial charge is 0.493 e. The number of ether oxygens (including phenoxy) is 2. The van der Waals surface area contributed by atoms with Gasteiger partial charge in [-0.15, -0.1) is 0 Å². The maximum Gasteiger partial charge on any atom is 0.161 e. The van der Waals surface area contributed by atoms with Gasteiger partial charge in [-0.05, 0) is 55.5 Å². The van der Waals surface area contributed by atoms with E-state index in [0.717, 1.165) is 36.1 Å². The summed E-state index contributed by atoms with van der Waals surface area (Å²) in [4.78, 5) is 0. The Hall–Kier alpha value is -1.48. The predicted octanol–water partition coefficient (Wildman–Crippen LogP) is 3.15. The minimum atomic E-state index is 0.523. The van der Waals surface area contributed by atoms with Crippen molar-refractivity contribution in [1.29, 1.82) is 0 Å². The maximum atomic E-state index is 5.72. The Balaban J connectivity index is 1.94. The molecule has 0 radical (unpaired) electrons. The Kier molecular flexibility index (Phi) is 4.86. The van der Waals surface area contributed by atoms with Crippen LogP contribution in [0.4, 0.5) is 0 Å². The van der Waals surface area contributed by atoms with Crippen LogP contribution in [-0.2, 0) is 6.54 Å². The first kappa shape index (κ1) is 13.9. The van der Waals surface area contributed by atoms with Crippen molar-refractivity contribution in [3.8, 4) is 11.5 Å². The molecular formula is C16H23NO2. The number of hydrogen-bond donors (Lipinski definition) is 1. The summed E-state index contributed by atoms with van der Waals surface area (Å²) in [5.74, 6) is 2.46. The van der Waals surface area contributed by atoms with Gasteiger partial charge in [0.1, 0.15) is 6.61 Å². The molecule has 0 aromatic heterocycles. The predicted molar refractivity (Wildman–Crippen MR) is 77.7 cm³/mol. The van der Waals surface area contributed by atoms with Gasteiger partial charge in [-0.2, -0.15) is 0 Å². The van der Waals surface area contributed by atoms with Crippen LogP contribution in [0, 0.1) is 5.92 Å². The van der Waals surface area contributed by atoms with Crippen LogP contribution in [0.2, 0.25) is 0 Å². The van der Waals surface area contributed by atoms with Crippen LogP contribution in [0.1, 0.15) is 25.3 Å².